The summed E-state index contributed by atoms with van der Waals surface area (Å²) in [6.45, 7) is 7.28. The van der Waals surface area contributed by atoms with Gasteiger partial charge in [-0.3, -0.25) is 4.79 Å². The lowest BCUT2D eigenvalue weighted by Crippen LogP contribution is -2.48. The number of hydrogen-bond donors (Lipinski definition) is 1. The van der Waals surface area contributed by atoms with Gasteiger partial charge in [-0.2, -0.15) is 0 Å². The van der Waals surface area contributed by atoms with E-state index in [1.165, 1.54) is 0 Å². The van der Waals surface area contributed by atoms with Crippen LogP contribution in [-0.4, -0.2) is 31.3 Å². The summed E-state index contributed by atoms with van der Waals surface area (Å²) in [6.07, 6.45) is 0. The van der Waals surface area contributed by atoms with Crippen LogP contribution in [0.4, 0.5) is 0 Å². The highest BCUT2D eigenvalue weighted by Gasteiger charge is 2.21. The van der Waals surface area contributed by atoms with Gasteiger partial charge in [-0.25, -0.2) is 0 Å². The number of nitrogens with one attached hydrogen (secondary N) is 1. The second-order valence-electron chi connectivity index (χ2n) is 6.60. The summed E-state index contributed by atoms with van der Waals surface area (Å²) in [5.41, 5.74) is 0.627. The molecular formula is C21H27NO4. The Labute approximate surface area is 155 Å². The molecule has 0 fully saturated rings. The average Bonchev–Trinajstić information content (AvgIpc) is 2.62. The molecule has 0 spiro atoms. The number of carbonyl (C=O) groups is 1. The highest BCUT2D eigenvalue weighted by Crippen LogP contribution is 2.17. The summed E-state index contributed by atoms with van der Waals surface area (Å²) < 4.78 is 16.6. The van der Waals surface area contributed by atoms with Crippen LogP contribution in [0, 0.1) is 0 Å². The first-order chi connectivity index (χ1) is 12.5. The second-order valence-corrected chi connectivity index (χ2v) is 6.60. The third-order valence-electron chi connectivity index (χ3n) is 3.56. The number of ether oxygens (including phenoxy) is 3. The molecule has 2 aromatic carbocycles. The Hall–Kier alpha value is -2.53. The van der Waals surface area contributed by atoms with E-state index >= 15 is 0 Å². The maximum absolute atomic E-state index is 12.1. The van der Waals surface area contributed by atoms with E-state index in [-0.39, 0.29) is 12.5 Å². The number of amides is 1. The number of carbonyl (C=O) groups excluding carboxylic acids is 1. The molecule has 0 atom stereocenters. The summed E-state index contributed by atoms with van der Waals surface area (Å²) in [5, 5.41) is 2.93. The van der Waals surface area contributed by atoms with Crippen molar-refractivity contribution in [3.8, 4) is 11.5 Å². The predicted octanol–water partition coefficient (Wildman–Crippen LogP) is 3.58. The van der Waals surface area contributed by atoms with Gasteiger partial charge >= 0.3 is 0 Å². The van der Waals surface area contributed by atoms with E-state index in [9.17, 15) is 4.79 Å². The molecule has 0 aliphatic heterocycles. The van der Waals surface area contributed by atoms with Crippen LogP contribution in [0.1, 0.15) is 26.3 Å². The molecule has 2 rings (SSSR count). The minimum atomic E-state index is -0.478. The summed E-state index contributed by atoms with van der Waals surface area (Å²) in [5.74, 6) is 1.22. The maximum atomic E-state index is 12.1. The summed E-state index contributed by atoms with van der Waals surface area (Å²) in [4.78, 5) is 12.1. The maximum Gasteiger partial charge on any atom is 0.258 e. The van der Waals surface area contributed by atoms with Gasteiger partial charge in [0, 0.05) is 0 Å². The number of rotatable bonds is 10. The van der Waals surface area contributed by atoms with Crippen molar-refractivity contribution in [2.75, 3.05) is 19.8 Å². The summed E-state index contributed by atoms with van der Waals surface area (Å²) >= 11 is 0. The quantitative estimate of drug-likeness (QED) is 0.706. The smallest absolute Gasteiger partial charge is 0.258 e. The lowest BCUT2D eigenvalue weighted by Gasteiger charge is -2.26. The fourth-order valence-corrected chi connectivity index (χ4v) is 2.40. The Kier molecular flexibility index (Phi) is 7.48. The minimum Gasteiger partial charge on any atom is -0.494 e. The molecule has 26 heavy (non-hydrogen) atoms. The topological polar surface area (TPSA) is 56.8 Å². The normalized spacial score (nSPS) is 11.0. The molecule has 1 N–H and O–H groups in total. The first-order valence-corrected chi connectivity index (χ1v) is 8.77. The van der Waals surface area contributed by atoms with E-state index in [1.807, 2.05) is 63.2 Å². The van der Waals surface area contributed by atoms with Gasteiger partial charge in [0.2, 0.25) is 0 Å². The third-order valence-corrected chi connectivity index (χ3v) is 3.56. The van der Waals surface area contributed by atoms with Crippen molar-refractivity contribution in [3.63, 3.8) is 0 Å². The Morgan fingerprint density at radius 1 is 0.962 bits per heavy atom. The van der Waals surface area contributed by atoms with Crippen molar-refractivity contribution in [1.82, 2.24) is 5.32 Å². The van der Waals surface area contributed by atoms with E-state index in [2.05, 4.69) is 5.32 Å². The fraction of sp³-hybridized carbons (Fsp3) is 0.381. The van der Waals surface area contributed by atoms with Crippen molar-refractivity contribution in [2.45, 2.75) is 32.9 Å². The third kappa shape index (κ3) is 7.15. The second kappa shape index (κ2) is 9.82. The zero-order valence-corrected chi connectivity index (χ0v) is 15.7. The van der Waals surface area contributed by atoms with E-state index < -0.39 is 5.54 Å². The highest BCUT2D eigenvalue weighted by atomic mass is 16.5. The number of hydrogen-bond acceptors (Lipinski definition) is 4. The first-order valence-electron chi connectivity index (χ1n) is 8.77. The van der Waals surface area contributed by atoms with Crippen molar-refractivity contribution in [3.05, 3.63) is 60.2 Å². The largest absolute Gasteiger partial charge is 0.494 e. The molecule has 0 saturated heterocycles. The van der Waals surface area contributed by atoms with Crippen molar-refractivity contribution >= 4 is 5.91 Å². The average molecular weight is 357 g/mol. The standard InChI is InChI=1S/C21H27NO4/c1-4-25-18-10-12-19(13-11-18)26-15-20(23)22-21(2,3)16-24-14-17-8-6-5-7-9-17/h5-13H,4,14-16H2,1-3H3,(H,22,23). The molecule has 0 radical (unpaired) electrons. The van der Waals surface area contributed by atoms with Crippen LogP contribution in [0.5, 0.6) is 11.5 Å². The van der Waals surface area contributed by atoms with Crippen LogP contribution in [0.2, 0.25) is 0 Å². The molecule has 0 aliphatic carbocycles. The van der Waals surface area contributed by atoms with Gasteiger partial charge in [0.25, 0.3) is 5.91 Å². The van der Waals surface area contributed by atoms with Crippen LogP contribution in [0.15, 0.2) is 54.6 Å². The van der Waals surface area contributed by atoms with Gasteiger partial charge in [-0.15, -0.1) is 0 Å². The number of benzene rings is 2. The van der Waals surface area contributed by atoms with Gasteiger partial charge in [0.05, 0.1) is 25.4 Å². The van der Waals surface area contributed by atoms with E-state index in [0.29, 0.717) is 25.6 Å². The van der Waals surface area contributed by atoms with E-state index in [0.717, 1.165) is 11.3 Å². The molecule has 140 valence electrons. The van der Waals surface area contributed by atoms with Crippen molar-refractivity contribution in [2.24, 2.45) is 0 Å². The van der Waals surface area contributed by atoms with Crippen LogP contribution >= 0.6 is 0 Å². The van der Waals surface area contributed by atoms with Crippen LogP contribution < -0.4 is 14.8 Å². The molecular weight excluding hydrogens is 330 g/mol. The van der Waals surface area contributed by atoms with Gasteiger partial charge in [-0.05, 0) is 50.6 Å². The Bertz CT molecular complexity index is 668. The van der Waals surface area contributed by atoms with Gasteiger partial charge in [0.15, 0.2) is 6.61 Å². The molecule has 0 aliphatic rings. The lowest BCUT2D eigenvalue weighted by atomic mass is 10.1. The van der Waals surface area contributed by atoms with Gasteiger partial charge in [0.1, 0.15) is 11.5 Å². The predicted molar refractivity (Wildman–Crippen MR) is 101 cm³/mol. The summed E-state index contributed by atoms with van der Waals surface area (Å²) in [6, 6.07) is 17.1. The Morgan fingerprint density at radius 2 is 1.58 bits per heavy atom. The Morgan fingerprint density at radius 3 is 2.19 bits per heavy atom. The molecule has 0 heterocycles. The fourth-order valence-electron chi connectivity index (χ4n) is 2.40. The molecule has 1 amide bonds. The van der Waals surface area contributed by atoms with Gasteiger partial charge in [-0.1, -0.05) is 30.3 Å². The monoisotopic (exact) mass is 357 g/mol. The minimum absolute atomic E-state index is 0.0455. The molecule has 0 aromatic heterocycles. The highest BCUT2D eigenvalue weighted by molar-refractivity contribution is 5.78. The Balaban J connectivity index is 1.71. The molecule has 2 aromatic rings. The summed E-state index contributed by atoms with van der Waals surface area (Å²) in [7, 11) is 0. The molecule has 0 bridgehead atoms. The van der Waals surface area contributed by atoms with Crippen LogP contribution in [-0.2, 0) is 16.1 Å². The van der Waals surface area contributed by atoms with E-state index in [1.54, 1.807) is 12.1 Å². The molecule has 0 unspecified atom stereocenters. The first kappa shape index (κ1) is 19.8. The van der Waals surface area contributed by atoms with Crippen molar-refractivity contribution < 1.29 is 19.0 Å². The molecule has 0 saturated carbocycles. The SMILES string of the molecule is CCOc1ccc(OCC(=O)NC(C)(C)COCc2ccccc2)cc1. The van der Waals surface area contributed by atoms with Crippen molar-refractivity contribution in [1.29, 1.82) is 0 Å². The lowest BCUT2D eigenvalue weighted by molar-refractivity contribution is -0.125. The van der Waals surface area contributed by atoms with Gasteiger partial charge < -0.3 is 19.5 Å². The molecule has 5 heteroatoms. The van der Waals surface area contributed by atoms with Crippen LogP contribution in [0.25, 0.3) is 0 Å². The van der Waals surface area contributed by atoms with E-state index in [4.69, 9.17) is 14.2 Å². The molecule has 5 nitrogen and oxygen atoms in total. The zero-order valence-electron chi connectivity index (χ0n) is 15.7. The van der Waals surface area contributed by atoms with Crippen LogP contribution in [0.3, 0.4) is 0 Å². The zero-order chi connectivity index (χ0) is 18.8.